The van der Waals surface area contributed by atoms with Crippen LogP contribution >= 0.6 is 0 Å². The molecular weight excluding hydrogens is 356 g/mol. The molecule has 0 aliphatic rings. The average molecular weight is 386 g/mol. The second-order valence-electron chi connectivity index (χ2n) is 4.31. The van der Waals surface area contributed by atoms with Crippen LogP contribution in [0.25, 0.3) is 0 Å². The van der Waals surface area contributed by atoms with Crippen molar-refractivity contribution < 1.29 is 49.5 Å². The lowest BCUT2D eigenvalue weighted by molar-refractivity contribution is -0.139. The molecule has 0 aliphatic carbocycles. The fourth-order valence-electron chi connectivity index (χ4n) is 0.632. The third-order valence-corrected chi connectivity index (χ3v) is 1.29. The van der Waals surface area contributed by atoms with Gasteiger partial charge in [-0.15, -0.1) is 0 Å². The molecule has 1 atom stereocenters. The van der Waals surface area contributed by atoms with Crippen molar-refractivity contribution in [3.05, 3.63) is 0 Å². The molecule has 0 bridgehead atoms. The van der Waals surface area contributed by atoms with Crippen LogP contribution in [0.2, 0.25) is 0 Å². The second kappa shape index (κ2) is 27.1. The number of hydrogen-bond acceptors (Lipinski definition) is 7. The Morgan fingerprint density at radius 3 is 1.08 bits per heavy atom. The van der Waals surface area contributed by atoms with Gasteiger partial charge in [-0.3, -0.25) is 24.0 Å². The van der Waals surface area contributed by atoms with Crippen molar-refractivity contribution in [1.82, 2.24) is 0 Å². The largest absolute Gasteiger partial charge is 0.481 e. The van der Waals surface area contributed by atoms with Crippen molar-refractivity contribution in [2.24, 2.45) is 11.5 Å². The molecule has 0 saturated heterocycles. The highest BCUT2D eigenvalue weighted by molar-refractivity contribution is 5.72. The molecule has 156 valence electrons. The summed E-state index contributed by atoms with van der Waals surface area (Å²) in [6.07, 6.45) is 2.16. The molecule has 0 heterocycles. The van der Waals surface area contributed by atoms with E-state index >= 15 is 0 Å². The van der Waals surface area contributed by atoms with Crippen LogP contribution in [-0.4, -0.2) is 68.0 Å². The highest BCUT2D eigenvalue weighted by atomic mass is 16.4. The summed E-state index contributed by atoms with van der Waals surface area (Å²) in [7, 11) is 0. The first-order chi connectivity index (χ1) is 11.6. The van der Waals surface area contributed by atoms with Gasteiger partial charge in [0, 0.05) is 27.7 Å². The van der Waals surface area contributed by atoms with E-state index in [1.54, 1.807) is 0 Å². The van der Waals surface area contributed by atoms with Crippen LogP contribution < -0.4 is 11.5 Å². The predicted molar refractivity (Wildman–Crippen MR) is 91.8 cm³/mol. The van der Waals surface area contributed by atoms with E-state index in [1.165, 1.54) is 0 Å². The number of rotatable bonds is 5. The second-order valence-corrected chi connectivity index (χ2v) is 4.31. The van der Waals surface area contributed by atoms with Crippen LogP contribution in [0.3, 0.4) is 0 Å². The first-order valence-electron chi connectivity index (χ1n) is 7.08. The lowest BCUT2D eigenvalue weighted by Gasteiger charge is -2.03. The molecule has 9 N–H and O–H groups in total. The van der Waals surface area contributed by atoms with Gasteiger partial charge in [0.2, 0.25) is 0 Å². The number of aliphatic carboxylic acids is 5. The molecule has 0 fully saturated rings. The SMILES string of the molecule is CC(=O)O.CC(=O)O.CC(=O)O.CC(=O)O.NCCCCC(N)C(=O)O. The highest BCUT2D eigenvalue weighted by Gasteiger charge is 2.09. The number of carboxylic acids is 5. The Balaban J connectivity index is -0.0000000776. The number of carboxylic acid groups (broad SMARTS) is 5. The molecule has 0 aromatic heterocycles. The van der Waals surface area contributed by atoms with Crippen LogP contribution in [0.15, 0.2) is 0 Å². The van der Waals surface area contributed by atoms with E-state index in [4.69, 9.17) is 56.2 Å². The van der Waals surface area contributed by atoms with Crippen LogP contribution in [0.1, 0.15) is 47.0 Å². The molecule has 0 aliphatic heterocycles. The molecule has 0 radical (unpaired) electrons. The highest BCUT2D eigenvalue weighted by Crippen LogP contribution is 1.96. The Morgan fingerprint density at radius 2 is 0.923 bits per heavy atom. The van der Waals surface area contributed by atoms with E-state index < -0.39 is 35.9 Å². The Hall–Kier alpha value is -2.73. The lowest BCUT2D eigenvalue weighted by Crippen LogP contribution is -2.29. The van der Waals surface area contributed by atoms with Crippen molar-refractivity contribution in [2.45, 2.75) is 53.0 Å². The smallest absolute Gasteiger partial charge is 0.320 e. The van der Waals surface area contributed by atoms with E-state index in [0.717, 1.165) is 40.5 Å². The molecular formula is C14H30N2O10. The molecule has 0 rings (SSSR count). The number of carbonyl (C=O) groups is 5. The fourth-order valence-corrected chi connectivity index (χ4v) is 0.632. The van der Waals surface area contributed by atoms with Crippen molar-refractivity contribution in [3.8, 4) is 0 Å². The van der Waals surface area contributed by atoms with Crippen LogP contribution in [0.5, 0.6) is 0 Å². The summed E-state index contributed by atoms with van der Waals surface area (Å²) in [4.78, 5) is 46.1. The zero-order chi connectivity index (χ0) is 22.3. The molecule has 0 amide bonds. The minimum absolute atomic E-state index is 0.520. The maximum Gasteiger partial charge on any atom is 0.320 e. The van der Waals surface area contributed by atoms with Crippen molar-refractivity contribution >= 4 is 29.8 Å². The molecule has 12 heteroatoms. The van der Waals surface area contributed by atoms with Crippen molar-refractivity contribution in [3.63, 3.8) is 0 Å². The van der Waals surface area contributed by atoms with Gasteiger partial charge in [-0.25, -0.2) is 0 Å². The zero-order valence-electron chi connectivity index (χ0n) is 15.3. The molecule has 0 aromatic carbocycles. The Kier molecular flexibility index (Phi) is 36.1. The first-order valence-corrected chi connectivity index (χ1v) is 7.08. The van der Waals surface area contributed by atoms with E-state index in [0.29, 0.717) is 13.0 Å². The maximum absolute atomic E-state index is 10.1. The summed E-state index contributed by atoms with van der Waals surface area (Å²) < 4.78 is 0. The number of unbranched alkanes of at least 4 members (excludes halogenated alkanes) is 1. The van der Waals surface area contributed by atoms with Crippen LogP contribution in [0.4, 0.5) is 0 Å². The van der Waals surface area contributed by atoms with Gasteiger partial charge in [-0.2, -0.15) is 0 Å². The standard InChI is InChI=1S/C6H14N2O2.4C2H4O2/c7-4-2-1-3-5(8)6(9)10;4*1-2(3)4/h5H,1-4,7-8H2,(H,9,10);4*1H3,(H,3,4). The third kappa shape index (κ3) is 222. The van der Waals surface area contributed by atoms with E-state index in [9.17, 15) is 4.79 Å². The van der Waals surface area contributed by atoms with E-state index in [-0.39, 0.29) is 0 Å². The van der Waals surface area contributed by atoms with Crippen molar-refractivity contribution in [2.75, 3.05) is 6.54 Å². The topological polar surface area (TPSA) is 239 Å². The summed E-state index contributed by atoms with van der Waals surface area (Å²) in [5, 5.41) is 38.0. The van der Waals surface area contributed by atoms with Crippen molar-refractivity contribution in [1.29, 1.82) is 0 Å². The lowest BCUT2D eigenvalue weighted by atomic mass is 10.1. The summed E-state index contributed by atoms with van der Waals surface area (Å²) in [6, 6.07) is -0.716. The Bertz CT molecular complexity index is 335. The fraction of sp³-hybridized carbons (Fsp3) is 0.643. The minimum Gasteiger partial charge on any atom is -0.481 e. The first kappa shape index (κ1) is 34.6. The molecule has 1 unspecified atom stereocenters. The molecule has 0 spiro atoms. The summed E-state index contributed by atoms with van der Waals surface area (Å²) in [6.45, 7) is 4.94. The molecule has 26 heavy (non-hydrogen) atoms. The van der Waals surface area contributed by atoms with Gasteiger partial charge in [0.15, 0.2) is 0 Å². The molecule has 0 aromatic rings. The van der Waals surface area contributed by atoms with E-state index in [2.05, 4.69) is 0 Å². The van der Waals surface area contributed by atoms with Gasteiger partial charge in [0.1, 0.15) is 6.04 Å². The van der Waals surface area contributed by atoms with Gasteiger partial charge in [0.25, 0.3) is 23.9 Å². The molecule has 12 nitrogen and oxygen atoms in total. The average Bonchev–Trinajstić information content (AvgIpc) is 2.35. The monoisotopic (exact) mass is 386 g/mol. The molecule has 0 saturated carbocycles. The number of nitrogens with two attached hydrogens (primary N) is 2. The number of hydrogen-bond donors (Lipinski definition) is 7. The normalized spacial score (nSPS) is 8.85. The van der Waals surface area contributed by atoms with E-state index in [1.807, 2.05) is 0 Å². The Labute approximate surface area is 151 Å². The van der Waals surface area contributed by atoms with Crippen LogP contribution in [-0.2, 0) is 24.0 Å². The summed E-state index contributed by atoms with van der Waals surface area (Å²) in [5.74, 6) is -4.27. The summed E-state index contributed by atoms with van der Waals surface area (Å²) in [5.41, 5.74) is 10.4. The Morgan fingerprint density at radius 1 is 0.692 bits per heavy atom. The predicted octanol–water partition coefficient (Wildman–Crippen LogP) is -0.109. The minimum atomic E-state index is -0.933. The quantitative estimate of drug-likeness (QED) is 0.306. The van der Waals surface area contributed by atoms with Crippen LogP contribution in [0, 0.1) is 0 Å². The van der Waals surface area contributed by atoms with Gasteiger partial charge < -0.3 is 37.0 Å². The van der Waals surface area contributed by atoms with Gasteiger partial charge in [-0.1, -0.05) is 6.42 Å². The van der Waals surface area contributed by atoms with Gasteiger partial charge in [-0.05, 0) is 19.4 Å². The third-order valence-electron chi connectivity index (χ3n) is 1.29. The van der Waals surface area contributed by atoms with Gasteiger partial charge >= 0.3 is 5.97 Å². The summed E-state index contributed by atoms with van der Waals surface area (Å²) >= 11 is 0. The zero-order valence-corrected chi connectivity index (χ0v) is 15.3. The maximum atomic E-state index is 10.1. The van der Waals surface area contributed by atoms with Gasteiger partial charge in [0.05, 0.1) is 0 Å².